The van der Waals surface area contributed by atoms with Gasteiger partial charge in [0.1, 0.15) is 11.5 Å². The van der Waals surface area contributed by atoms with Crippen LogP contribution in [0.3, 0.4) is 0 Å². The van der Waals surface area contributed by atoms with E-state index in [0.29, 0.717) is 5.02 Å². The Morgan fingerprint density at radius 3 is 2.63 bits per heavy atom. The predicted molar refractivity (Wildman–Crippen MR) is 83.0 cm³/mol. The van der Waals surface area contributed by atoms with Crippen molar-refractivity contribution < 1.29 is 4.74 Å². The number of benzene rings is 2. The summed E-state index contributed by atoms with van der Waals surface area (Å²) in [5, 5.41) is 3.96. The molecule has 0 spiro atoms. The highest BCUT2D eigenvalue weighted by molar-refractivity contribution is 9.10. The van der Waals surface area contributed by atoms with Crippen LogP contribution in [0.5, 0.6) is 11.5 Å². The number of hydrogen-bond donors (Lipinski definition) is 1. The molecule has 0 bridgehead atoms. The molecular formula is C15H15BrClNO. The average Bonchev–Trinajstić information content (AvgIpc) is 2.38. The molecular weight excluding hydrogens is 326 g/mol. The SMILES string of the molecule is CCNCc1ccc(Oc2cccc(Cl)c2)cc1Br. The molecule has 0 saturated heterocycles. The van der Waals surface area contributed by atoms with Crippen LogP contribution in [0, 0.1) is 0 Å². The van der Waals surface area contributed by atoms with Gasteiger partial charge in [-0.25, -0.2) is 0 Å². The zero-order chi connectivity index (χ0) is 13.7. The van der Waals surface area contributed by atoms with E-state index >= 15 is 0 Å². The van der Waals surface area contributed by atoms with E-state index in [4.69, 9.17) is 16.3 Å². The van der Waals surface area contributed by atoms with E-state index in [0.717, 1.165) is 29.1 Å². The lowest BCUT2D eigenvalue weighted by molar-refractivity contribution is 0.482. The molecule has 0 heterocycles. The molecule has 0 radical (unpaired) electrons. The van der Waals surface area contributed by atoms with Gasteiger partial charge >= 0.3 is 0 Å². The van der Waals surface area contributed by atoms with Crippen molar-refractivity contribution in [3.63, 3.8) is 0 Å². The number of ether oxygens (including phenoxy) is 1. The normalized spacial score (nSPS) is 10.5. The molecule has 0 fully saturated rings. The molecule has 0 aromatic heterocycles. The largest absolute Gasteiger partial charge is 0.457 e. The molecule has 2 aromatic rings. The van der Waals surface area contributed by atoms with Gasteiger partial charge in [-0.3, -0.25) is 0 Å². The topological polar surface area (TPSA) is 21.3 Å². The van der Waals surface area contributed by atoms with Crippen LogP contribution in [0.15, 0.2) is 46.9 Å². The highest BCUT2D eigenvalue weighted by atomic mass is 79.9. The molecule has 0 atom stereocenters. The van der Waals surface area contributed by atoms with Crippen molar-refractivity contribution in [2.45, 2.75) is 13.5 Å². The maximum atomic E-state index is 5.93. The van der Waals surface area contributed by atoms with Gasteiger partial charge < -0.3 is 10.1 Å². The quantitative estimate of drug-likeness (QED) is 0.826. The summed E-state index contributed by atoms with van der Waals surface area (Å²) in [4.78, 5) is 0. The Labute approximate surface area is 126 Å². The second-order valence-electron chi connectivity index (χ2n) is 4.09. The molecule has 2 aromatic carbocycles. The Kier molecular flexibility index (Phi) is 5.25. The highest BCUT2D eigenvalue weighted by Crippen LogP contribution is 2.28. The van der Waals surface area contributed by atoms with Gasteiger partial charge in [-0.05, 0) is 42.4 Å². The van der Waals surface area contributed by atoms with Crippen LogP contribution >= 0.6 is 27.5 Å². The van der Waals surface area contributed by atoms with E-state index in [1.54, 1.807) is 6.07 Å². The van der Waals surface area contributed by atoms with Gasteiger partial charge in [0.05, 0.1) is 0 Å². The molecule has 1 N–H and O–H groups in total. The third-order valence-electron chi connectivity index (χ3n) is 2.62. The van der Waals surface area contributed by atoms with Gasteiger partial charge in [0, 0.05) is 16.0 Å². The summed E-state index contributed by atoms with van der Waals surface area (Å²) in [7, 11) is 0. The lowest BCUT2D eigenvalue weighted by Gasteiger charge is -2.09. The van der Waals surface area contributed by atoms with Crippen molar-refractivity contribution in [1.82, 2.24) is 5.32 Å². The summed E-state index contributed by atoms with van der Waals surface area (Å²) < 4.78 is 6.80. The Hall–Kier alpha value is -1.03. The first kappa shape index (κ1) is 14.4. The fourth-order valence-electron chi connectivity index (χ4n) is 1.66. The zero-order valence-electron chi connectivity index (χ0n) is 10.6. The Morgan fingerprint density at radius 2 is 1.95 bits per heavy atom. The van der Waals surface area contributed by atoms with E-state index in [-0.39, 0.29) is 0 Å². The van der Waals surface area contributed by atoms with Crippen molar-refractivity contribution in [3.8, 4) is 11.5 Å². The van der Waals surface area contributed by atoms with Gasteiger partial charge in [-0.2, -0.15) is 0 Å². The van der Waals surface area contributed by atoms with Gasteiger partial charge in [0.15, 0.2) is 0 Å². The number of nitrogens with one attached hydrogen (secondary N) is 1. The van der Waals surface area contributed by atoms with Gasteiger partial charge in [0.2, 0.25) is 0 Å². The molecule has 0 aliphatic rings. The zero-order valence-corrected chi connectivity index (χ0v) is 13.0. The minimum Gasteiger partial charge on any atom is -0.457 e. The van der Waals surface area contributed by atoms with Crippen LogP contribution < -0.4 is 10.1 Å². The standard InChI is InChI=1S/C15H15BrClNO/c1-2-18-10-11-6-7-14(9-15(11)16)19-13-5-3-4-12(17)8-13/h3-9,18H,2,10H2,1H3. The summed E-state index contributed by atoms with van der Waals surface area (Å²) in [6.07, 6.45) is 0. The third-order valence-corrected chi connectivity index (χ3v) is 3.60. The summed E-state index contributed by atoms with van der Waals surface area (Å²) in [6, 6.07) is 13.3. The molecule has 0 unspecified atom stereocenters. The lowest BCUT2D eigenvalue weighted by atomic mass is 10.2. The van der Waals surface area contributed by atoms with Crippen molar-refractivity contribution in [2.24, 2.45) is 0 Å². The van der Waals surface area contributed by atoms with Gasteiger partial charge in [-0.15, -0.1) is 0 Å². The average molecular weight is 341 g/mol. The van der Waals surface area contributed by atoms with Gasteiger partial charge in [0.25, 0.3) is 0 Å². The maximum Gasteiger partial charge on any atom is 0.128 e. The minimum atomic E-state index is 0.667. The fraction of sp³-hybridized carbons (Fsp3) is 0.200. The Morgan fingerprint density at radius 1 is 1.16 bits per heavy atom. The first-order chi connectivity index (χ1) is 9.19. The third kappa shape index (κ3) is 4.23. The van der Waals surface area contributed by atoms with E-state index in [9.17, 15) is 0 Å². The number of halogens is 2. The smallest absolute Gasteiger partial charge is 0.128 e. The summed E-state index contributed by atoms with van der Waals surface area (Å²) in [5.41, 5.74) is 1.21. The van der Waals surface area contributed by atoms with Crippen molar-refractivity contribution >= 4 is 27.5 Å². The van der Waals surface area contributed by atoms with E-state index in [1.165, 1.54) is 5.56 Å². The van der Waals surface area contributed by atoms with Crippen molar-refractivity contribution in [3.05, 3.63) is 57.5 Å². The molecule has 2 nitrogen and oxygen atoms in total. The van der Waals surface area contributed by atoms with Crippen LogP contribution in [0.25, 0.3) is 0 Å². The fourth-order valence-corrected chi connectivity index (χ4v) is 2.34. The second-order valence-corrected chi connectivity index (χ2v) is 5.38. The Balaban J connectivity index is 2.11. The van der Waals surface area contributed by atoms with Crippen molar-refractivity contribution in [1.29, 1.82) is 0 Å². The molecule has 4 heteroatoms. The van der Waals surface area contributed by atoms with E-state index in [2.05, 4.69) is 28.2 Å². The highest BCUT2D eigenvalue weighted by Gasteiger charge is 2.03. The summed E-state index contributed by atoms with van der Waals surface area (Å²) in [5.74, 6) is 1.52. The lowest BCUT2D eigenvalue weighted by Crippen LogP contribution is -2.11. The first-order valence-electron chi connectivity index (χ1n) is 6.11. The van der Waals surface area contributed by atoms with Crippen LogP contribution in [0.2, 0.25) is 5.02 Å². The van der Waals surface area contributed by atoms with Gasteiger partial charge in [-0.1, -0.05) is 46.6 Å². The van der Waals surface area contributed by atoms with Crippen LogP contribution in [-0.4, -0.2) is 6.54 Å². The molecule has 0 saturated carbocycles. The molecule has 2 rings (SSSR count). The summed E-state index contributed by atoms with van der Waals surface area (Å²) in [6.45, 7) is 3.88. The number of hydrogen-bond acceptors (Lipinski definition) is 2. The first-order valence-corrected chi connectivity index (χ1v) is 7.28. The monoisotopic (exact) mass is 339 g/mol. The molecule has 0 amide bonds. The van der Waals surface area contributed by atoms with Crippen LogP contribution in [0.1, 0.15) is 12.5 Å². The van der Waals surface area contributed by atoms with E-state index < -0.39 is 0 Å². The van der Waals surface area contributed by atoms with Crippen molar-refractivity contribution in [2.75, 3.05) is 6.54 Å². The molecule has 0 aliphatic carbocycles. The van der Waals surface area contributed by atoms with E-state index in [1.807, 2.05) is 36.4 Å². The predicted octanol–water partition coefficient (Wildman–Crippen LogP) is 5.00. The minimum absolute atomic E-state index is 0.667. The number of rotatable bonds is 5. The Bertz CT molecular complexity index is 560. The molecule has 0 aliphatic heterocycles. The molecule has 100 valence electrons. The summed E-state index contributed by atoms with van der Waals surface area (Å²) >= 11 is 9.49. The molecule has 19 heavy (non-hydrogen) atoms. The van der Waals surface area contributed by atoms with Crippen LogP contribution in [-0.2, 0) is 6.54 Å². The maximum absolute atomic E-state index is 5.93. The second kappa shape index (κ2) is 6.94. The van der Waals surface area contributed by atoms with Crippen LogP contribution in [0.4, 0.5) is 0 Å².